The van der Waals surface area contributed by atoms with Crippen LogP contribution in [-0.4, -0.2) is 0 Å². The summed E-state index contributed by atoms with van der Waals surface area (Å²) in [7, 11) is 2.18. The Balaban J connectivity index is 2.36. The summed E-state index contributed by atoms with van der Waals surface area (Å²) in [6, 6.07) is 15.7. The van der Waals surface area contributed by atoms with Crippen molar-refractivity contribution in [3.8, 4) is 11.3 Å². The van der Waals surface area contributed by atoms with Gasteiger partial charge in [-0.05, 0) is 60.6 Å². The number of benzene rings is 2. The van der Waals surface area contributed by atoms with E-state index in [0.717, 1.165) is 0 Å². The zero-order valence-electron chi connectivity index (χ0n) is 16.0. The van der Waals surface area contributed by atoms with Crippen molar-refractivity contribution in [2.24, 2.45) is 7.05 Å². The molecule has 0 spiro atoms. The minimum atomic E-state index is 0.150. The Labute approximate surface area is 146 Å². The van der Waals surface area contributed by atoms with Crippen LogP contribution < -0.4 is 4.57 Å². The van der Waals surface area contributed by atoms with Gasteiger partial charge in [0.1, 0.15) is 7.05 Å². The highest BCUT2D eigenvalue weighted by Gasteiger charge is 2.22. The molecule has 0 atom stereocenters. The van der Waals surface area contributed by atoms with E-state index >= 15 is 0 Å². The van der Waals surface area contributed by atoms with Gasteiger partial charge in [0.15, 0.2) is 0 Å². The second-order valence-corrected chi connectivity index (χ2v) is 8.00. The quantitative estimate of drug-likeness (QED) is 0.518. The first-order valence-corrected chi connectivity index (χ1v) is 8.70. The zero-order chi connectivity index (χ0) is 17.6. The third-order valence-corrected chi connectivity index (χ3v) is 5.21. The van der Waals surface area contributed by atoms with Gasteiger partial charge in [-0.3, -0.25) is 0 Å². The Kier molecular flexibility index (Phi) is 3.99. The van der Waals surface area contributed by atoms with E-state index < -0.39 is 0 Å². The van der Waals surface area contributed by atoms with Gasteiger partial charge in [0.2, 0.25) is 11.2 Å². The number of nitrogens with zero attached hydrogens (tertiary/aromatic N) is 1. The molecule has 0 aliphatic heterocycles. The highest BCUT2D eigenvalue weighted by Crippen LogP contribution is 2.32. The van der Waals surface area contributed by atoms with Crippen molar-refractivity contribution in [1.29, 1.82) is 0 Å². The summed E-state index contributed by atoms with van der Waals surface area (Å²) in [6.07, 6.45) is 0. The van der Waals surface area contributed by atoms with Crippen molar-refractivity contribution in [1.82, 2.24) is 0 Å². The van der Waals surface area contributed by atoms with Gasteiger partial charge in [-0.2, -0.15) is 4.57 Å². The zero-order valence-corrected chi connectivity index (χ0v) is 16.0. The van der Waals surface area contributed by atoms with Crippen LogP contribution in [0.5, 0.6) is 0 Å². The Bertz CT molecular complexity index is 927. The van der Waals surface area contributed by atoms with E-state index in [9.17, 15) is 0 Å². The van der Waals surface area contributed by atoms with Gasteiger partial charge in [-0.15, -0.1) is 0 Å². The molecule has 1 aromatic heterocycles. The monoisotopic (exact) mass is 318 g/mol. The number of aryl methyl sites for hydroxylation is 3. The summed E-state index contributed by atoms with van der Waals surface area (Å²) in [5, 5.41) is 1.32. The molecule has 0 aliphatic rings. The van der Waals surface area contributed by atoms with E-state index in [1.54, 1.807) is 0 Å². The van der Waals surface area contributed by atoms with E-state index in [1.807, 2.05) is 0 Å². The van der Waals surface area contributed by atoms with Gasteiger partial charge in [-0.1, -0.05) is 39.0 Å². The van der Waals surface area contributed by atoms with Crippen molar-refractivity contribution < 1.29 is 4.57 Å². The molecule has 0 fully saturated rings. The average molecular weight is 318 g/mol. The lowest BCUT2D eigenvalue weighted by Gasteiger charge is -2.22. The second-order valence-electron chi connectivity index (χ2n) is 8.00. The van der Waals surface area contributed by atoms with Crippen LogP contribution in [0.15, 0.2) is 42.5 Å². The van der Waals surface area contributed by atoms with Crippen LogP contribution in [0.25, 0.3) is 22.2 Å². The fourth-order valence-electron chi connectivity index (χ4n) is 3.43. The molecule has 24 heavy (non-hydrogen) atoms. The first kappa shape index (κ1) is 16.7. The number of hydrogen-bond donors (Lipinski definition) is 0. The summed E-state index contributed by atoms with van der Waals surface area (Å²) < 4.78 is 2.33. The van der Waals surface area contributed by atoms with Gasteiger partial charge >= 0.3 is 0 Å². The number of aromatic nitrogens is 1. The van der Waals surface area contributed by atoms with Crippen molar-refractivity contribution in [3.05, 3.63) is 64.7 Å². The number of hydrogen-bond acceptors (Lipinski definition) is 0. The minimum Gasteiger partial charge on any atom is -0.194 e. The maximum Gasteiger partial charge on any atom is 0.213 e. The van der Waals surface area contributed by atoms with Crippen molar-refractivity contribution in [2.45, 2.75) is 47.0 Å². The Morgan fingerprint density at radius 2 is 1.50 bits per heavy atom. The maximum absolute atomic E-state index is 2.38. The molecule has 1 nitrogen and oxygen atoms in total. The molecule has 1 heteroatoms. The van der Waals surface area contributed by atoms with Crippen molar-refractivity contribution >= 4 is 10.9 Å². The van der Waals surface area contributed by atoms with Crippen LogP contribution in [0.2, 0.25) is 0 Å². The van der Waals surface area contributed by atoms with Gasteiger partial charge in [0.25, 0.3) is 0 Å². The van der Waals surface area contributed by atoms with E-state index in [-0.39, 0.29) is 5.41 Å². The summed E-state index contributed by atoms with van der Waals surface area (Å²) >= 11 is 0. The van der Waals surface area contributed by atoms with Crippen molar-refractivity contribution in [2.75, 3.05) is 0 Å². The van der Waals surface area contributed by atoms with Gasteiger partial charge in [0, 0.05) is 23.1 Å². The molecule has 0 bridgehead atoms. The Hall–Kier alpha value is -2.15. The molecule has 0 radical (unpaired) electrons. The topological polar surface area (TPSA) is 3.88 Å². The van der Waals surface area contributed by atoms with Crippen LogP contribution in [0.4, 0.5) is 0 Å². The lowest BCUT2D eigenvalue weighted by atomic mass is 9.83. The highest BCUT2D eigenvalue weighted by atomic mass is 14.9. The molecular formula is C23H28N+. The van der Waals surface area contributed by atoms with Crippen LogP contribution in [-0.2, 0) is 12.5 Å². The van der Waals surface area contributed by atoms with Crippen LogP contribution in [0.3, 0.4) is 0 Å². The molecule has 1 heterocycles. The minimum absolute atomic E-state index is 0.150. The summed E-state index contributed by atoms with van der Waals surface area (Å²) in [5.41, 5.74) is 9.53. The number of pyridine rings is 1. The van der Waals surface area contributed by atoms with Gasteiger partial charge < -0.3 is 0 Å². The van der Waals surface area contributed by atoms with Gasteiger partial charge in [-0.25, -0.2) is 0 Å². The molecule has 124 valence electrons. The van der Waals surface area contributed by atoms with E-state index in [2.05, 4.69) is 95.6 Å². The summed E-state index contributed by atoms with van der Waals surface area (Å²) in [6.45, 7) is 13.5. The fourth-order valence-corrected chi connectivity index (χ4v) is 3.43. The number of rotatable bonds is 1. The lowest BCUT2D eigenvalue weighted by molar-refractivity contribution is -0.633. The summed E-state index contributed by atoms with van der Waals surface area (Å²) in [4.78, 5) is 0. The molecule has 0 unspecified atom stereocenters. The largest absolute Gasteiger partial charge is 0.213 e. The van der Waals surface area contributed by atoms with Crippen molar-refractivity contribution in [3.63, 3.8) is 0 Å². The molecule has 0 amide bonds. The molecular weight excluding hydrogens is 290 g/mol. The lowest BCUT2D eigenvalue weighted by Crippen LogP contribution is -2.32. The molecule has 0 saturated heterocycles. The molecule has 3 rings (SSSR count). The number of fused-ring (bicyclic) bond motifs is 1. The number of para-hydroxylation sites is 1. The van der Waals surface area contributed by atoms with E-state index in [1.165, 1.54) is 44.4 Å². The predicted octanol–water partition coefficient (Wildman–Crippen LogP) is 5.55. The normalized spacial score (nSPS) is 12.0. The SMILES string of the molecule is Cc1cc(C(C)(C)C)cc(-c2cc(C)c3ccccc3[n+]2C)c1C. The smallest absolute Gasteiger partial charge is 0.194 e. The average Bonchev–Trinajstić information content (AvgIpc) is 2.52. The first-order chi connectivity index (χ1) is 11.2. The Morgan fingerprint density at radius 1 is 0.833 bits per heavy atom. The fraction of sp³-hybridized carbons (Fsp3) is 0.348. The highest BCUT2D eigenvalue weighted by molar-refractivity contribution is 5.81. The van der Waals surface area contributed by atoms with E-state index in [0.29, 0.717) is 0 Å². The molecule has 3 aromatic rings. The molecule has 2 aromatic carbocycles. The first-order valence-electron chi connectivity index (χ1n) is 8.70. The molecule has 0 N–H and O–H groups in total. The maximum atomic E-state index is 2.38. The van der Waals surface area contributed by atoms with E-state index in [4.69, 9.17) is 0 Å². The predicted molar refractivity (Wildman–Crippen MR) is 103 cm³/mol. The molecule has 0 saturated carbocycles. The van der Waals surface area contributed by atoms with Crippen LogP contribution in [0, 0.1) is 20.8 Å². The van der Waals surface area contributed by atoms with Gasteiger partial charge in [0.05, 0.1) is 0 Å². The van der Waals surface area contributed by atoms with Crippen LogP contribution >= 0.6 is 0 Å². The third-order valence-electron chi connectivity index (χ3n) is 5.21. The van der Waals surface area contributed by atoms with Crippen LogP contribution in [0.1, 0.15) is 43.0 Å². The standard InChI is InChI=1S/C23H28N/c1-15-12-18(23(4,5)6)14-20(17(15)3)22-13-16(2)19-10-8-9-11-21(19)24(22)7/h8-14H,1-7H3/q+1. The summed E-state index contributed by atoms with van der Waals surface area (Å²) in [5.74, 6) is 0. The second kappa shape index (κ2) is 5.73. The molecule has 0 aliphatic carbocycles. The Morgan fingerprint density at radius 3 is 2.17 bits per heavy atom. The third kappa shape index (κ3) is 2.73.